The van der Waals surface area contributed by atoms with E-state index in [0.717, 1.165) is 0 Å². The molecular formula is C10H15N3O4S. The molecule has 0 fully saturated rings. The minimum Gasteiger partial charge on any atom is -0.477 e. The number of nitrogens with one attached hydrogen (secondary N) is 1. The van der Waals surface area contributed by atoms with Crippen molar-refractivity contribution in [2.75, 3.05) is 17.8 Å². The maximum absolute atomic E-state index is 11.9. The predicted molar refractivity (Wildman–Crippen MR) is 66.7 cm³/mol. The summed E-state index contributed by atoms with van der Waals surface area (Å²) >= 11 is 0. The molecule has 100 valence electrons. The lowest BCUT2D eigenvalue weighted by molar-refractivity contribution is 0.0690. The Bertz CT molecular complexity index is 526. The molecular weight excluding hydrogens is 258 g/mol. The van der Waals surface area contributed by atoms with Crippen molar-refractivity contribution in [3.05, 3.63) is 24.0 Å². The predicted octanol–water partition coefficient (Wildman–Crippen LogP) is 0.778. The number of aromatic carboxylic acids is 1. The van der Waals surface area contributed by atoms with Gasteiger partial charge in [-0.1, -0.05) is 13.8 Å². The van der Waals surface area contributed by atoms with Crippen molar-refractivity contribution in [3.63, 3.8) is 0 Å². The molecule has 0 aromatic carbocycles. The van der Waals surface area contributed by atoms with E-state index in [1.54, 1.807) is 13.8 Å². The zero-order valence-corrected chi connectivity index (χ0v) is 10.9. The summed E-state index contributed by atoms with van der Waals surface area (Å²) in [6.45, 7) is 4.11. The number of anilines is 1. The molecule has 1 aromatic heterocycles. The topological polar surface area (TPSA) is 99.6 Å². The van der Waals surface area contributed by atoms with Gasteiger partial charge in [-0.3, -0.25) is 4.72 Å². The number of carboxylic acid groups (broad SMARTS) is 1. The molecule has 8 heteroatoms. The molecule has 0 amide bonds. The number of carbonyl (C=O) groups is 1. The Labute approximate surface area is 106 Å². The Hall–Kier alpha value is -1.67. The number of aromatic nitrogens is 1. The van der Waals surface area contributed by atoms with Crippen LogP contribution in [0.5, 0.6) is 0 Å². The van der Waals surface area contributed by atoms with E-state index in [9.17, 15) is 13.2 Å². The fraction of sp³-hybridized carbons (Fsp3) is 0.400. The summed E-state index contributed by atoms with van der Waals surface area (Å²) < 4.78 is 27.3. The molecule has 0 bridgehead atoms. The van der Waals surface area contributed by atoms with E-state index in [0.29, 0.717) is 13.1 Å². The molecule has 0 unspecified atom stereocenters. The summed E-state index contributed by atoms with van der Waals surface area (Å²) in [6, 6.07) is 2.57. The van der Waals surface area contributed by atoms with Crippen LogP contribution in [0.15, 0.2) is 18.3 Å². The number of nitrogens with zero attached hydrogens (tertiary/aromatic N) is 2. The van der Waals surface area contributed by atoms with Crippen molar-refractivity contribution >= 4 is 21.9 Å². The van der Waals surface area contributed by atoms with Crippen LogP contribution in [0.3, 0.4) is 0 Å². The molecule has 18 heavy (non-hydrogen) atoms. The summed E-state index contributed by atoms with van der Waals surface area (Å²) in [5.41, 5.74) is -0.0379. The first-order valence-corrected chi connectivity index (χ1v) is 6.82. The molecule has 7 nitrogen and oxygen atoms in total. The van der Waals surface area contributed by atoms with Crippen LogP contribution in [0, 0.1) is 0 Å². The maximum Gasteiger partial charge on any atom is 0.354 e. The lowest BCUT2D eigenvalue weighted by Crippen LogP contribution is -2.35. The lowest BCUT2D eigenvalue weighted by atomic mass is 10.3. The molecule has 0 aliphatic carbocycles. The second-order valence-corrected chi connectivity index (χ2v) is 5.10. The highest BCUT2D eigenvalue weighted by molar-refractivity contribution is 7.90. The highest BCUT2D eigenvalue weighted by Crippen LogP contribution is 2.12. The van der Waals surface area contributed by atoms with Gasteiger partial charge < -0.3 is 5.11 Å². The first-order valence-electron chi connectivity index (χ1n) is 5.38. The molecule has 1 aromatic rings. The van der Waals surface area contributed by atoms with Gasteiger partial charge in [-0.25, -0.2) is 9.78 Å². The second-order valence-electron chi connectivity index (χ2n) is 3.43. The zero-order valence-electron chi connectivity index (χ0n) is 10.1. The molecule has 1 heterocycles. The summed E-state index contributed by atoms with van der Waals surface area (Å²) in [4.78, 5) is 14.3. The molecule has 0 radical (unpaired) electrons. The van der Waals surface area contributed by atoms with Crippen LogP contribution in [-0.2, 0) is 10.2 Å². The third kappa shape index (κ3) is 3.41. The highest BCUT2D eigenvalue weighted by atomic mass is 32.2. The number of rotatable bonds is 6. The fourth-order valence-corrected chi connectivity index (χ4v) is 2.62. The summed E-state index contributed by atoms with van der Waals surface area (Å²) in [5.74, 6) is -1.21. The van der Waals surface area contributed by atoms with Gasteiger partial charge in [0, 0.05) is 19.3 Å². The summed E-state index contributed by atoms with van der Waals surface area (Å²) in [5, 5.41) is 8.76. The number of carboxylic acids is 1. The third-order valence-electron chi connectivity index (χ3n) is 2.27. The summed E-state index contributed by atoms with van der Waals surface area (Å²) in [7, 11) is -3.66. The third-order valence-corrected chi connectivity index (χ3v) is 3.96. The van der Waals surface area contributed by atoms with Gasteiger partial charge in [-0.2, -0.15) is 12.7 Å². The van der Waals surface area contributed by atoms with Crippen molar-refractivity contribution < 1.29 is 18.3 Å². The summed E-state index contributed by atoms with van der Waals surface area (Å²) in [6.07, 6.45) is 1.24. The van der Waals surface area contributed by atoms with E-state index in [4.69, 9.17) is 5.11 Å². The van der Waals surface area contributed by atoms with Gasteiger partial charge >= 0.3 is 16.2 Å². The van der Waals surface area contributed by atoms with Crippen LogP contribution in [0.4, 0.5) is 5.69 Å². The standard InChI is InChI=1S/C10H15N3O4S/c1-3-13(4-2)18(16,17)12-8-5-6-11-9(7-8)10(14)15/h5-7H,3-4H2,1-2H3,(H,11,12)(H,14,15). The molecule has 0 saturated carbocycles. The Morgan fingerprint density at radius 3 is 2.56 bits per heavy atom. The first-order chi connectivity index (χ1) is 8.40. The molecule has 0 spiro atoms. The van der Waals surface area contributed by atoms with Crippen LogP contribution in [0.25, 0.3) is 0 Å². The fourth-order valence-electron chi connectivity index (χ4n) is 1.39. The Morgan fingerprint density at radius 2 is 2.06 bits per heavy atom. The highest BCUT2D eigenvalue weighted by Gasteiger charge is 2.18. The Balaban J connectivity index is 2.97. The van der Waals surface area contributed by atoms with Crippen LogP contribution in [0.1, 0.15) is 24.3 Å². The van der Waals surface area contributed by atoms with Gasteiger partial charge in [-0.05, 0) is 12.1 Å². The van der Waals surface area contributed by atoms with Gasteiger partial charge in [-0.15, -0.1) is 0 Å². The zero-order chi connectivity index (χ0) is 13.8. The number of hydrogen-bond donors (Lipinski definition) is 2. The first kappa shape index (κ1) is 14.4. The van der Waals surface area contributed by atoms with Gasteiger partial charge in [0.15, 0.2) is 0 Å². The van der Waals surface area contributed by atoms with Gasteiger partial charge in [0.25, 0.3) is 0 Å². The van der Waals surface area contributed by atoms with Crippen LogP contribution in [-0.4, -0.2) is 41.9 Å². The van der Waals surface area contributed by atoms with E-state index in [2.05, 4.69) is 9.71 Å². The molecule has 2 N–H and O–H groups in total. The maximum atomic E-state index is 11.9. The average Bonchev–Trinajstić information content (AvgIpc) is 2.29. The monoisotopic (exact) mass is 273 g/mol. The van der Waals surface area contributed by atoms with Crippen molar-refractivity contribution in [2.24, 2.45) is 0 Å². The van der Waals surface area contributed by atoms with Crippen LogP contribution < -0.4 is 4.72 Å². The Kier molecular flexibility index (Phi) is 4.62. The Morgan fingerprint density at radius 1 is 1.44 bits per heavy atom. The average molecular weight is 273 g/mol. The quantitative estimate of drug-likeness (QED) is 0.797. The SMILES string of the molecule is CCN(CC)S(=O)(=O)Nc1ccnc(C(=O)O)c1. The largest absolute Gasteiger partial charge is 0.477 e. The number of pyridine rings is 1. The normalized spacial score (nSPS) is 11.5. The van der Waals surface area contributed by atoms with Gasteiger partial charge in [0.1, 0.15) is 5.69 Å². The molecule has 0 saturated heterocycles. The van der Waals surface area contributed by atoms with E-state index >= 15 is 0 Å². The molecule has 0 aliphatic rings. The smallest absolute Gasteiger partial charge is 0.354 e. The minimum absolute atomic E-state index is 0.175. The molecule has 1 rings (SSSR count). The van der Waals surface area contributed by atoms with Crippen molar-refractivity contribution in [2.45, 2.75) is 13.8 Å². The van der Waals surface area contributed by atoms with E-state index in [1.807, 2.05) is 0 Å². The molecule has 0 aliphatic heterocycles. The van der Waals surface area contributed by atoms with Crippen molar-refractivity contribution in [3.8, 4) is 0 Å². The van der Waals surface area contributed by atoms with Gasteiger partial charge in [0.05, 0.1) is 5.69 Å². The minimum atomic E-state index is -3.66. The van der Waals surface area contributed by atoms with E-state index < -0.39 is 16.2 Å². The molecule has 0 atom stereocenters. The lowest BCUT2D eigenvalue weighted by Gasteiger charge is -2.19. The van der Waals surface area contributed by atoms with Crippen LogP contribution >= 0.6 is 0 Å². The van der Waals surface area contributed by atoms with E-state index in [-0.39, 0.29) is 11.4 Å². The van der Waals surface area contributed by atoms with Gasteiger partial charge in [0.2, 0.25) is 0 Å². The number of hydrogen-bond acceptors (Lipinski definition) is 4. The second kappa shape index (κ2) is 5.78. The van der Waals surface area contributed by atoms with Crippen molar-refractivity contribution in [1.82, 2.24) is 9.29 Å². The van der Waals surface area contributed by atoms with Crippen LogP contribution in [0.2, 0.25) is 0 Å². The van der Waals surface area contributed by atoms with Crippen molar-refractivity contribution in [1.29, 1.82) is 0 Å². The van der Waals surface area contributed by atoms with E-state index in [1.165, 1.54) is 22.6 Å².